The highest BCUT2D eigenvalue weighted by Crippen LogP contribution is 2.35. The van der Waals surface area contributed by atoms with Crippen molar-refractivity contribution < 1.29 is 22.7 Å². The van der Waals surface area contributed by atoms with Gasteiger partial charge in [0.25, 0.3) is 15.9 Å². The van der Waals surface area contributed by atoms with Gasteiger partial charge in [-0.05, 0) is 48.0 Å². The predicted molar refractivity (Wildman–Crippen MR) is 142 cm³/mol. The van der Waals surface area contributed by atoms with Gasteiger partial charge in [0.05, 0.1) is 34.0 Å². The third-order valence-electron chi connectivity index (χ3n) is 4.77. The van der Waals surface area contributed by atoms with E-state index in [-0.39, 0.29) is 20.6 Å². The number of ether oxygens (including phenoxy) is 2. The molecule has 0 aliphatic heterocycles. The molecular weight excluding hydrogens is 525 g/mol. The number of benzene rings is 3. The van der Waals surface area contributed by atoms with E-state index in [1.165, 1.54) is 37.6 Å². The number of nitrogens with one attached hydrogen (secondary N) is 1. The molecule has 1 N–H and O–H groups in total. The second-order valence-corrected chi connectivity index (χ2v) is 9.85. The van der Waals surface area contributed by atoms with Gasteiger partial charge in [-0.1, -0.05) is 60.1 Å². The first-order chi connectivity index (χ1) is 17.3. The van der Waals surface area contributed by atoms with Crippen LogP contribution in [0.1, 0.15) is 5.56 Å². The zero-order valence-electron chi connectivity index (χ0n) is 19.2. The Kier molecular flexibility index (Phi) is 9.35. The quantitative estimate of drug-likeness (QED) is 0.209. The van der Waals surface area contributed by atoms with Gasteiger partial charge >= 0.3 is 0 Å². The average Bonchev–Trinajstić information content (AvgIpc) is 2.88. The summed E-state index contributed by atoms with van der Waals surface area (Å²) in [7, 11) is -2.65. The van der Waals surface area contributed by atoms with Crippen molar-refractivity contribution in [3.05, 3.63) is 95.0 Å². The van der Waals surface area contributed by atoms with Crippen molar-refractivity contribution in [1.29, 1.82) is 0 Å². The Bertz CT molecular complexity index is 1370. The van der Waals surface area contributed by atoms with E-state index in [0.717, 1.165) is 4.31 Å². The smallest absolute Gasteiger partial charge is 0.264 e. The minimum atomic E-state index is -4.15. The number of carbonyl (C=O) groups excluding carboxylic acids is 1. The van der Waals surface area contributed by atoms with Gasteiger partial charge in [-0.25, -0.2) is 13.8 Å². The molecule has 0 aliphatic carbocycles. The van der Waals surface area contributed by atoms with Crippen molar-refractivity contribution in [1.82, 2.24) is 5.43 Å². The third kappa shape index (κ3) is 6.57. The molecule has 0 saturated carbocycles. The molecule has 11 heteroatoms. The summed E-state index contributed by atoms with van der Waals surface area (Å²) in [5.74, 6) is 0.307. The molecule has 0 saturated heterocycles. The van der Waals surface area contributed by atoms with E-state index in [9.17, 15) is 13.2 Å². The number of hydrazone groups is 1. The van der Waals surface area contributed by atoms with Crippen molar-refractivity contribution in [3.8, 4) is 11.5 Å². The molecule has 36 heavy (non-hydrogen) atoms. The predicted octanol–water partition coefficient (Wildman–Crippen LogP) is 4.91. The highest BCUT2D eigenvalue weighted by molar-refractivity contribution is 7.92. The van der Waals surface area contributed by atoms with Gasteiger partial charge in [0.2, 0.25) is 0 Å². The SMILES string of the molecule is C=CCOc1ccc(C=NNC(=O)CN(c2cccc(Cl)c2Cl)S(=O)(=O)c2ccccc2)cc1OC. The van der Waals surface area contributed by atoms with Crippen LogP contribution in [0.25, 0.3) is 0 Å². The Hall–Kier alpha value is -3.53. The standard InChI is InChI=1S/C25H23Cl2N3O5S/c1-3-14-35-22-13-12-18(15-23(22)34-2)16-28-29-24(31)17-30(21-11-7-10-20(26)25(21)27)36(32,33)19-8-5-4-6-9-19/h3-13,15-16H,1,14,17H2,2H3,(H,29,31). The molecule has 0 bridgehead atoms. The number of amides is 1. The fourth-order valence-electron chi connectivity index (χ4n) is 3.08. The number of sulfonamides is 1. The van der Waals surface area contributed by atoms with Crippen LogP contribution in [0.3, 0.4) is 0 Å². The van der Waals surface area contributed by atoms with E-state index in [0.29, 0.717) is 23.7 Å². The van der Waals surface area contributed by atoms with E-state index < -0.39 is 22.5 Å². The number of hydrogen-bond donors (Lipinski definition) is 1. The highest BCUT2D eigenvalue weighted by atomic mass is 35.5. The molecule has 3 aromatic carbocycles. The lowest BCUT2D eigenvalue weighted by atomic mass is 10.2. The van der Waals surface area contributed by atoms with Crippen LogP contribution in [0.5, 0.6) is 11.5 Å². The molecule has 0 spiro atoms. The summed E-state index contributed by atoms with van der Waals surface area (Å²) in [5.41, 5.74) is 3.02. The Balaban J connectivity index is 1.81. The molecule has 0 radical (unpaired) electrons. The second-order valence-electron chi connectivity index (χ2n) is 7.20. The third-order valence-corrected chi connectivity index (χ3v) is 7.35. The van der Waals surface area contributed by atoms with Crippen molar-refractivity contribution in [2.75, 3.05) is 24.6 Å². The highest BCUT2D eigenvalue weighted by Gasteiger charge is 2.29. The first-order valence-corrected chi connectivity index (χ1v) is 12.7. The van der Waals surface area contributed by atoms with Crippen LogP contribution in [-0.2, 0) is 14.8 Å². The van der Waals surface area contributed by atoms with E-state index >= 15 is 0 Å². The van der Waals surface area contributed by atoms with Crippen LogP contribution < -0.4 is 19.2 Å². The summed E-state index contributed by atoms with van der Waals surface area (Å²) in [4.78, 5) is 12.7. The summed E-state index contributed by atoms with van der Waals surface area (Å²) in [6.45, 7) is 3.33. The Morgan fingerprint density at radius 1 is 1.08 bits per heavy atom. The topological polar surface area (TPSA) is 97.3 Å². The van der Waals surface area contributed by atoms with Crippen LogP contribution in [-0.4, -0.2) is 40.8 Å². The van der Waals surface area contributed by atoms with Gasteiger partial charge in [-0.15, -0.1) is 0 Å². The maximum atomic E-state index is 13.4. The van der Waals surface area contributed by atoms with E-state index in [1.54, 1.807) is 48.5 Å². The van der Waals surface area contributed by atoms with Gasteiger partial charge in [0, 0.05) is 0 Å². The molecule has 0 aliphatic rings. The first-order valence-electron chi connectivity index (χ1n) is 10.5. The number of halogens is 2. The molecule has 0 heterocycles. The molecular formula is C25H23Cl2N3O5S. The monoisotopic (exact) mass is 547 g/mol. The number of methoxy groups -OCH3 is 1. The van der Waals surface area contributed by atoms with Gasteiger partial charge < -0.3 is 9.47 Å². The van der Waals surface area contributed by atoms with Crippen molar-refractivity contribution >= 4 is 51.0 Å². The van der Waals surface area contributed by atoms with E-state index in [1.807, 2.05) is 0 Å². The van der Waals surface area contributed by atoms with Crippen molar-refractivity contribution in [3.63, 3.8) is 0 Å². The maximum absolute atomic E-state index is 13.4. The van der Waals surface area contributed by atoms with Crippen molar-refractivity contribution in [2.45, 2.75) is 4.90 Å². The summed E-state index contributed by atoms with van der Waals surface area (Å²) in [6, 6.07) is 17.3. The Morgan fingerprint density at radius 2 is 1.83 bits per heavy atom. The van der Waals surface area contributed by atoms with Gasteiger partial charge in [-0.2, -0.15) is 5.10 Å². The molecule has 3 aromatic rings. The molecule has 8 nitrogen and oxygen atoms in total. The van der Waals surface area contributed by atoms with Crippen LogP contribution >= 0.6 is 23.2 Å². The maximum Gasteiger partial charge on any atom is 0.264 e. The molecule has 3 rings (SSSR count). The Labute approximate surface area is 219 Å². The lowest BCUT2D eigenvalue weighted by Gasteiger charge is -2.24. The zero-order valence-corrected chi connectivity index (χ0v) is 21.6. The number of anilines is 1. The van der Waals surface area contributed by atoms with E-state index in [2.05, 4.69) is 17.1 Å². The lowest BCUT2D eigenvalue weighted by Crippen LogP contribution is -2.39. The average molecular weight is 548 g/mol. The summed E-state index contributed by atoms with van der Waals surface area (Å²) < 4.78 is 38.5. The molecule has 0 fully saturated rings. The fourth-order valence-corrected chi connectivity index (χ4v) is 4.98. The summed E-state index contributed by atoms with van der Waals surface area (Å²) in [5, 5.41) is 4.08. The van der Waals surface area contributed by atoms with Crippen LogP contribution in [0.2, 0.25) is 10.0 Å². The molecule has 0 atom stereocenters. The normalized spacial score (nSPS) is 11.2. The second kappa shape index (κ2) is 12.4. The first kappa shape index (κ1) is 27.1. The van der Waals surface area contributed by atoms with Crippen LogP contribution in [0.15, 0.2) is 89.4 Å². The number of hydrogen-bond acceptors (Lipinski definition) is 6. The molecule has 0 aromatic heterocycles. The lowest BCUT2D eigenvalue weighted by molar-refractivity contribution is -0.119. The number of carbonyl (C=O) groups is 1. The Morgan fingerprint density at radius 3 is 2.53 bits per heavy atom. The summed E-state index contributed by atoms with van der Waals surface area (Å²) >= 11 is 12.4. The summed E-state index contributed by atoms with van der Waals surface area (Å²) in [6.07, 6.45) is 3.00. The minimum absolute atomic E-state index is 0.000770. The van der Waals surface area contributed by atoms with Crippen LogP contribution in [0, 0.1) is 0 Å². The van der Waals surface area contributed by atoms with Gasteiger partial charge in [0.1, 0.15) is 13.2 Å². The molecule has 188 valence electrons. The number of rotatable bonds is 11. The van der Waals surface area contributed by atoms with Gasteiger partial charge in [0.15, 0.2) is 11.5 Å². The molecule has 1 amide bonds. The largest absolute Gasteiger partial charge is 0.493 e. The fraction of sp³-hybridized carbons (Fsp3) is 0.120. The van der Waals surface area contributed by atoms with Crippen molar-refractivity contribution in [2.24, 2.45) is 5.10 Å². The number of nitrogens with zero attached hydrogens (tertiary/aromatic N) is 2. The van der Waals surface area contributed by atoms with Crippen LogP contribution in [0.4, 0.5) is 5.69 Å². The van der Waals surface area contributed by atoms with E-state index in [4.69, 9.17) is 32.7 Å². The zero-order chi connectivity index (χ0) is 26.1. The molecule has 0 unspecified atom stereocenters. The van der Waals surface area contributed by atoms with Gasteiger partial charge in [-0.3, -0.25) is 9.10 Å². The minimum Gasteiger partial charge on any atom is -0.493 e.